The van der Waals surface area contributed by atoms with E-state index in [4.69, 9.17) is 16.3 Å². The molecule has 0 saturated heterocycles. The average Bonchev–Trinajstić information content (AvgIpc) is 2.77. The van der Waals surface area contributed by atoms with Crippen molar-refractivity contribution in [3.63, 3.8) is 0 Å². The molecular weight excluding hydrogens is 460 g/mol. The van der Waals surface area contributed by atoms with Gasteiger partial charge in [0.15, 0.2) is 0 Å². The summed E-state index contributed by atoms with van der Waals surface area (Å²) in [4.78, 5) is 12.8. The summed E-state index contributed by atoms with van der Waals surface area (Å²) in [6.07, 6.45) is 0. The Labute approximate surface area is 200 Å². The third-order valence-corrected chi connectivity index (χ3v) is 7.27. The molecule has 0 aliphatic rings. The molecule has 0 saturated carbocycles. The maximum absolute atomic E-state index is 13.5. The summed E-state index contributed by atoms with van der Waals surface area (Å²) in [5, 5.41) is 3.15. The van der Waals surface area contributed by atoms with Crippen LogP contribution in [0.2, 0.25) is 5.02 Å². The molecule has 0 aliphatic heterocycles. The topological polar surface area (TPSA) is 75.7 Å². The van der Waals surface area contributed by atoms with Crippen molar-refractivity contribution in [3.05, 3.63) is 88.4 Å². The van der Waals surface area contributed by atoms with E-state index in [1.165, 1.54) is 12.1 Å². The van der Waals surface area contributed by atoms with Crippen LogP contribution in [0.3, 0.4) is 0 Å². The molecule has 0 heterocycles. The molecule has 174 valence electrons. The number of benzene rings is 3. The van der Waals surface area contributed by atoms with E-state index >= 15 is 0 Å². The van der Waals surface area contributed by atoms with E-state index < -0.39 is 15.9 Å². The quantitative estimate of drug-likeness (QED) is 0.446. The predicted octanol–water partition coefficient (Wildman–Crippen LogP) is 4.66. The zero-order valence-corrected chi connectivity index (χ0v) is 20.4. The van der Waals surface area contributed by atoms with E-state index in [-0.39, 0.29) is 24.6 Å². The van der Waals surface area contributed by atoms with Gasteiger partial charge in [0.1, 0.15) is 18.9 Å². The summed E-state index contributed by atoms with van der Waals surface area (Å²) >= 11 is 6.24. The number of nitrogens with one attached hydrogen (secondary N) is 1. The van der Waals surface area contributed by atoms with Gasteiger partial charge < -0.3 is 10.1 Å². The van der Waals surface area contributed by atoms with Crippen LogP contribution in [0.5, 0.6) is 5.75 Å². The van der Waals surface area contributed by atoms with Gasteiger partial charge >= 0.3 is 0 Å². The molecule has 0 bridgehead atoms. The molecule has 0 atom stereocenters. The highest BCUT2D eigenvalue weighted by Crippen LogP contribution is 2.30. The van der Waals surface area contributed by atoms with Gasteiger partial charge in [0, 0.05) is 5.02 Å². The number of hydrogen-bond donors (Lipinski definition) is 1. The van der Waals surface area contributed by atoms with Crippen molar-refractivity contribution in [3.8, 4) is 5.75 Å². The first-order chi connectivity index (χ1) is 15.7. The Morgan fingerprint density at radius 3 is 2.36 bits per heavy atom. The first-order valence-corrected chi connectivity index (χ1v) is 12.3. The fourth-order valence-electron chi connectivity index (χ4n) is 3.25. The van der Waals surface area contributed by atoms with Gasteiger partial charge in [0.2, 0.25) is 5.91 Å². The third kappa shape index (κ3) is 6.27. The van der Waals surface area contributed by atoms with Gasteiger partial charge in [-0.25, -0.2) is 8.42 Å². The van der Waals surface area contributed by atoms with Crippen molar-refractivity contribution in [1.29, 1.82) is 0 Å². The van der Waals surface area contributed by atoms with E-state index in [0.717, 1.165) is 15.4 Å². The summed E-state index contributed by atoms with van der Waals surface area (Å²) in [5.41, 5.74) is 2.94. The van der Waals surface area contributed by atoms with Crippen molar-refractivity contribution in [2.75, 3.05) is 24.0 Å². The van der Waals surface area contributed by atoms with E-state index in [0.29, 0.717) is 22.0 Å². The average molecular weight is 487 g/mol. The van der Waals surface area contributed by atoms with E-state index in [1.807, 2.05) is 38.1 Å². The van der Waals surface area contributed by atoms with Crippen LogP contribution in [0.1, 0.15) is 16.7 Å². The van der Waals surface area contributed by atoms with Crippen molar-refractivity contribution in [2.24, 2.45) is 0 Å². The molecule has 33 heavy (non-hydrogen) atoms. The number of halogens is 1. The second-order valence-electron chi connectivity index (χ2n) is 7.72. The number of aryl methyl sites for hydroxylation is 2. The minimum Gasteiger partial charge on any atom is -0.492 e. The molecular formula is C25H27ClN2O4S. The summed E-state index contributed by atoms with van der Waals surface area (Å²) in [6, 6.07) is 19.1. The predicted molar refractivity (Wildman–Crippen MR) is 132 cm³/mol. The molecule has 1 N–H and O–H groups in total. The Kier molecular flexibility index (Phi) is 8.00. The highest BCUT2D eigenvalue weighted by Gasteiger charge is 2.28. The minimum atomic E-state index is -4.00. The number of rotatable bonds is 9. The van der Waals surface area contributed by atoms with Gasteiger partial charge in [0.25, 0.3) is 10.0 Å². The van der Waals surface area contributed by atoms with Gasteiger partial charge in [-0.15, -0.1) is 0 Å². The summed E-state index contributed by atoms with van der Waals surface area (Å²) in [5.74, 6) is 0.264. The molecule has 6 nitrogen and oxygen atoms in total. The Bertz CT molecular complexity index is 1230. The summed E-state index contributed by atoms with van der Waals surface area (Å²) in [7, 11) is -4.00. The number of ether oxygens (including phenoxy) is 1. The monoisotopic (exact) mass is 486 g/mol. The lowest BCUT2D eigenvalue weighted by Gasteiger charge is -2.26. The molecule has 0 fully saturated rings. The normalized spacial score (nSPS) is 11.2. The fourth-order valence-corrected chi connectivity index (χ4v) is 4.90. The van der Waals surface area contributed by atoms with E-state index in [1.54, 1.807) is 37.3 Å². The van der Waals surface area contributed by atoms with Crippen LogP contribution in [0.15, 0.2) is 71.6 Å². The third-order valence-electron chi connectivity index (χ3n) is 5.09. The molecule has 0 aliphatic carbocycles. The van der Waals surface area contributed by atoms with Gasteiger partial charge in [0.05, 0.1) is 17.1 Å². The molecule has 1 amide bonds. The SMILES string of the molecule is Cc1ccc(S(=O)(=O)N(CC(=O)NCCOc2cccc(C)c2)c2cccc(Cl)c2C)cc1. The lowest BCUT2D eigenvalue weighted by atomic mass is 10.2. The van der Waals surface area contributed by atoms with Gasteiger partial charge in [-0.2, -0.15) is 0 Å². The van der Waals surface area contributed by atoms with Crippen molar-refractivity contribution in [1.82, 2.24) is 5.32 Å². The summed E-state index contributed by atoms with van der Waals surface area (Å²) < 4.78 is 33.7. The van der Waals surface area contributed by atoms with Crippen LogP contribution in [-0.2, 0) is 14.8 Å². The molecule has 0 radical (unpaired) electrons. The summed E-state index contributed by atoms with van der Waals surface area (Å²) in [6.45, 7) is 5.68. The number of carbonyl (C=O) groups is 1. The van der Waals surface area contributed by atoms with Crippen LogP contribution in [-0.4, -0.2) is 34.0 Å². The molecule has 3 rings (SSSR count). The standard InChI is InChI=1S/C25H27ClN2O4S/c1-18-10-12-22(13-11-18)33(30,31)28(24-9-5-8-23(26)20(24)3)17-25(29)27-14-15-32-21-7-4-6-19(2)16-21/h4-13,16H,14-15,17H2,1-3H3,(H,27,29). The minimum absolute atomic E-state index is 0.100. The van der Waals surface area contributed by atoms with Crippen molar-refractivity contribution >= 4 is 33.2 Å². The Morgan fingerprint density at radius 1 is 0.970 bits per heavy atom. The maximum atomic E-state index is 13.5. The zero-order valence-electron chi connectivity index (χ0n) is 18.8. The molecule has 0 unspecified atom stereocenters. The largest absolute Gasteiger partial charge is 0.492 e. The van der Waals surface area contributed by atoms with Crippen molar-refractivity contribution in [2.45, 2.75) is 25.7 Å². The number of amides is 1. The van der Waals surface area contributed by atoms with Crippen LogP contribution >= 0.6 is 11.6 Å². The Hall–Kier alpha value is -3.03. The van der Waals surface area contributed by atoms with Crippen LogP contribution in [0.4, 0.5) is 5.69 Å². The molecule has 0 spiro atoms. The number of nitrogens with zero attached hydrogens (tertiary/aromatic N) is 1. The molecule has 3 aromatic rings. The number of sulfonamides is 1. The number of carbonyl (C=O) groups excluding carboxylic acids is 1. The number of anilines is 1. The van der Waals surface area contributed by atoms with Crippen LogP contribution in [0, 0.1) is 20.8 Å². The van der Waals surface area contributed by atoms with Crippen molar-refractivity contribution < 1.29 is 17.9 Å². The fraction of sp³-hybridized carbons (Fsp3) is 0.240. The number of hydrogen-bond acceptors (Lipinski definition) is 4. The zero-order chi connectivity index (χ0) is 24.0. The lowest BCUT2D eigenvalue weighted by molar-refractivity contribution is -0.119. The highest BCUT2D eigenvalue weighted by atomic mass is 35.5. The lowest BCUT2D eigenvalue weighted by Crippen LogP contribution is -2.42. The van der Waals surface area contributed by atoms with Gasteiger partial charge in [-0.05, 0) is 68.3 Å². The van der Waals surface area contributed by atoms with E-state index in [2.05, 4.69) is 5.32 Å². The molecule has 8 heteroatoms. The maximum Gasteiger partial charge on any atom is 0.264 e. The van der Waals surface area contributed by atoms with Crippen LogP contribution < -0.4 is 14.4 Å². The van der Waals surface area contributed by atoms with Crippen LogP contribution in [0.25, 0.3) is 0 Å². The Balaban J connectivity index is 1.76. The first-order valence-electron chi connectivity index (χ1n) is 10.5. The van der Waals surface area contributed by atoms with Gasteiger partial charge in [-0.3, -0.25) is 9.10 Å². The molecule has 0 aromatic heterocycles. The smallest absolute Gasteiger partial charge is 0.264 e. The van der Waals surface area contributed by atoms with E-state index in [9.17, 15) is 13.2 Å². The second kappa shape index (κ2) is 10.7. The Morgan fingerprint density at radius 2 is 1.67 bits per heavy atom. The first kappa shape index (κ1) is 24.6. The van der Waals surface area contributed by atoms with Gasteiger partial charge in [-0.1, -0.05) is 47.5 Å². The molecule has 3 aromatic carbocycles. The second-order valence-corrected chi connectivity index (χ2v) is 9.99. The highest BCUT2D eigenvalue weighted by molar-refractivity contribution is 7.92.